The van der Waals surface area contributed by atoms with Crippen molar-refractivity contribution < 1.29 is 35.4 Å². The maximum Gasteiger partial charge on any atom is 0.294 e. The lowest BCUT2D eigenvalue weighted by atomic mass is 9.84. The second kappa shape index (κ2) is 21.6. The van der Waals surface area contributed by atoms with Crippen LogP contribution in [0.3, 0.4) is 0 Å². The van der Waals surface area contributed by atoms with Crippen LogP contribution in [0.4, 0.5) is 0 Å². The fourth-order valence-electron chi connectivity index (χ4n) is 9.41. The summed E-state index contributed by atoms with van der Waals surface area (Å²) in [6, 6.07) is 20.3. The second-order valence-electron chi connectivity index (χ2n) is 18.0. The average Bonchev–Trinajstić information content (AvgIpc) is 3.25. The van der Waals surface area contributed by atoms with Crippen LogP contribution < -0.4 is 9.47 Å². The van der Waals surface area contributed by atoms with Crippen LogP contribution in [0.25, 0.3) is 27.1 Å². The van der Waals surface area contributed by atoms with Crippen molar-refractivity contribution in [2.45, 2.75) is 166 Å². The molecule has 1 unspecified atom stereocenters. The van der Waals surface area contributed by atoms with Gasteiger partial charge in [0.15, 0.2) is 0 Å². The molecular formula is C53H68O8S2. The molecule has 0 bridgehead atoms. The molecule has 6 rings (SSSR count). The predicted molar refractivity (Wildman–Crippen MR) is 258 cm³/mol. The fourth-order valence-corrected chi connectivity index (χ4v) is 10.4. The molecule has 1 aliphatic rings. The summed E-state index contributed by atoms with van der Waals surface area (Å²) in [5.41, 5.74) is 6.85. The van der Waals surface area contributed by atoms with Crippen LogP contribution in [0.2, 0.25) is 0 Å². The molecule has 0 saturated carbocycles. The molecular weight excluding hydrogens is 829 g/mol. The molecule has 0 aromatic heterocycles. The van der Waals surface area contributed by atoms with E-state index in [9.17, 15) is 25.9 Å². The number of rotatable bonds is 23. The molecule has 1 heterocycles. The molecule has 2 N–H and O–H groups in total. The van der Waals surface area contributed by atoms with Gasteiger partial charge in [-0.15, -0.1) is 0 Å². The summed E-state index contributed by atoms with van der Waals surface area (Å²) in [5.74, 6) is 1.89. The van der Waals surface area contributed by atoms with Crippen LogP contribution in [0.5, 0.6) is 11.5 Å². The summed E-state index contributed by atoms with van der Waals surface area (Å²) < 4.78 is 81.1. The molecule has 1 aliphatic heterocycles. The van der Waals surface area contributed by atoms with Crippen LogP contribution in [-0.2, 0) is 26.7 Å². The highest BCUT2D eigenvalue weighted by Crippen LogP contribution is 2.45. The lowest BCUT2D eigenvalue weighted by Crippen LogP contribution is -2.37. The van der Waals surface area contributed by atoms with Gasteiger partial charge in [0.25, 0.3) is 20.2 Å². The zero-order valence-electron chi connectivity index (χ0n) is 38.1. The Labute approximate surface area is 377 Å². The Morgan fingerprint density at radius 1 is 0.667 bits per heavy atom. The lowest BCUT2D eigenvalue weighted by Gasteiger charge is -2.38. The first-order chi connectivity index (χ1) is 30.1. The molecule has 0 aliphatic carbocycles. The van der Waals surface area contributed by atoms with Gasteiger partial charge in [-0.25, -0.2) is 0 Å². The summed E-state index contributed by atoms with van der Waals surface area (Å²) in [5, 5.41) is 2.81. The van der Waals surface area contributed by atoms with E-state index >= 15 is 0 Å². The Hall–Kier alpha value is -4.22. The van der Waals surface area contributed by atoms with Crippen LogP contribution in [-0.4, -0.2) is 38.1 Å². The monoisotopic (exact) mass is 896 g/mol. The van der Waals surface area contributed by atoms with E-state index in [0.29, 0.717) is 23.8 Å². The molecule has 0 saturated heterocycles. The molecule has 8 nitrogen and oxygen atoms in total. The number of benzene rings is 5. The Bertz CT molecular complexity index is 2510. The van der Waals surface area contributed by atoms with Crippen LogP contribution >= 0.6 is 0 Å². The lowest BCUT2D eigenvalue weighted by molar-refractivity contribution is 0.0521. The third kappa shape index (κ3) is 12.3. The van der Waals surface area contributed by atoms with Crippen LogP contribution in [0.1, 0.15) is 156 Å². The maximum absolute atomic E-state index is 12.0. The molecule has 340 valence electrons. The van der Waals surface area contributed by atoms with Gasteiger partial charge < -0.3 is 9.47 Å². The summed E-state index contributed by atoms with van der Waals surface area (Å²) in [4.78, 5) is -0.389. The van der Waals surface area contributed by atoms with E-state index in [1.165, 1.54) is 120 Å². The standard InChI is InChI=1S/C53H68O8S2/c1-6-7-8-9-10-11-12-13-14-15-16-17-18-19-33-53(5)34-32-45-40(4)51(38(2)39(3)52(45)61-53)60-35-22-27-50(48-25-20-23-41-36-43(62(54,55)56)28-30-46(41)48)49-26-21-24-42-37-44(63(57,58)59)29-31-47(42)49/h20-21,23-31,36-37H,6-19,22,32-35H2,1-5H3,(H,54,55,56)(H,57,58,59). The van der Waals surface area contributed by atoms with Gasteiger partial charge in [0.1, 0.15) is 17.1 Å². The average molecular weight is 897 g/mol. The van der Waals surface area contributed by atoms with Gasteiger partial charge in [-0.2, -0.15) is 16.8 Å². The van der Waals surface area contributed by atoms with Crippen molar-refractivity contribution in [3.63, 3.8) is 0 Å². The topological polar surface area (TPSA) is 127 Å². The van der Waals surface area contributed by atoms with E-state index in [4.69, 9.17) is 9.47 Å². The molecule has 1 atom stereocenters. The summed E-state index contributed by atoms with van der Waals surface area (Å²) in [6.45, 7) is 11.3. The van der Waals surface area contributed by atoms with Gasteiger partial charge in [-0.1, -0.05) is 145 Å². The summed E-state index contributed by atoms with van der Waals surface area (Å²) in [7, 11) is -8.82. The Kier molecular flexibility index (Phi) is 16.6. The third-order valence-electron chi connectivity index (χ3n) is 13.2. The molecule has 5 aromatic carbocycles. The molecule has 0 radical (unpaired) electrons. The Morgan fingerprint density at radius 2 is 1.16 bits per heavy atom. The Morgan fingerprint density at radius 3 is 1.65 bits per heavy atom. The molecule has 0 spiro atoms. The number of ether oxygens (including phenoxy) is 2. The van der Waals surface area contributed by atoms with E-state index < -0.39 is 20.2 Å². The molecule has 63 heavy (non-hydrogen) atoms. The summed E-state index contributed by atoms with van der Waals surface area (Å²) in [6.07, 6.45) is 24.5. The number of hydrogen-bond donors (Lipinski definition) is 2. The Balaban J connectivity index is 1.13. The van der Waals surface area contributed by atoms with Crippen molar-refractivity contribution in [1.82, 2.24) is 0 Å². The minimum absolute atomic E-state index is 0.178. The molecule has 10 heteroatoms. The number of hydrogen-bond acceptors (Lipinski definition) is 6. The first-order valence-electron chi connectivity index (χ1n) is 23.3. The van der Waals surface area contributed by atoms with Gasteiger partial charge in [0.05, 0.1) is 16.4 Å². The van der Waals surface area contributed by atoms with Crippen molar-refractivity contribution in [2.75, 3.05) is 6.61 Å². The second-order valence-corrected chi connectivity index (χ2v) is 20.8. The first kappa shape index (κ1) is 48.2. The highest BCUT2D eigenvalue weighted by Gasteiger charge is 2.34. The van der Waals surface area contributed by atoms with Crippen molar-refractivity contribution >= 4 is 47.4 Å². The first-order valence-corrected chi connectivity index (χ1v) is 26.2. The van der Waals surface area contributed by atoms with Gasteiger partial charge in [-0.3, -0.25) is 9.11 Å². The normalized spacial score (nSPS) is 15.3. The predicted octanol–water partition coefficient (Wildman–Crippen LogP) is 14.3. The molecule has 5 aromatic rings. The van der Waals surface area contributed by atoms with Crippen molar-refractivity contribution in [1.29, 1.82) is 0 Å². The van der Waals surface area contributed by atoms with Gasteiger partial charge in [0, 0.05) is 12.0 Å². The van der Waals surface area contributed by atoms with E-state index in [2.05, 4.69) is 40.7 Å². The highest BCUT2D eigenvalue weighted by atomic mass is 32.2. The molecule has 0 fully saturated rings. The SMILES string of the molecule is CCCCCCCCCCCCCCCCC1(C)CCc2c(C)c(OCCC=C(c3cccc4cc(S(=O)(=O)O)ccc34)c3cccc4cc(S(=O)(=O)O)ccc34)c(C)c(C)c2O1. The van der Waals surface area contributed by atoms with Crippen LogP contribution in [0.15, 0.2) is 88.7 Å². The smallest absolute Gasteiger partial charge is 0.294 e. The highest BCUT2D eigenvalue weighted by molar-refractivity contribution is 7.86. The largest absolute Gasteiger partial charge is 0.493 e. The van der Waals surface area contributed by atoms with Crippen molar-refractivity contribution in [3.8, 4) is 11.5 Å². The molecule has 0 amide bonds. The van der Waals surface area contributed by atoms with Crippen LogP contribution in [0, 0.1) is 20.8 Å². The minimum atomic E-state index is -4.41. The quantitative estimate of drug-likeness (QED) is 0.0490. The third-order valence-corrected chi connectivity index (χ3v) is 14.9. The van der Waals surface area contributed by atoms with E-state index in [-0.39, 0.29) is 15.4 Å². The zero-order chi connectivity index (χ0) is 45.2. The summed E-state index contributed by atoms with van der Waals surface area (Å²) >= 11 is 0. The van der Waals surface area contributed by atoms with Crippen molar-refractivity contribution in [2.24, 2.45) is 0 Å². The van der Waals surface area contributed by atoms with Gasteiger partial charge >= 0.3 is 0 Å². The van der Waals surface area contributed by atoms with E-state index in [1.807, 2.05) is 24.3 Å². The number of unbranched alkanes of at least 4 members (excludes halogenated alkanes) is 13. The van der Waals surface area contributed by atoms with Crippen molar-refractivity contribution in [3.05, 3.63) is 112 Å². The fraction of sp³-hybridized carbons (Fsp3) is 0.472. The number of fused-ring (bicyclic) bond motifs is 3. The maximum atomic E-state index is 12.0. The minimum Gasteiger partial charge on any atom is -0.493 e. The zero-order valence-corrected chi connectivity index (χ0v) is 39.7. The van der Waals surface area contributed by atoms with E-state index in [0.717, 1.165) is 74.9 Å². The van der Waals surface area contributed by atoms with Gasteiger partial charge in [-0.05, 0) is 133 Å². The van der Waals surface area contributed by atoms with E-state index in [1.54, 1.807) is 24.3 Å². The van der Waals surface area contributed by atoms with Gasteiger partial charge in [0.2, 0.25) is 0 Å².